The highest BCUT2D eigenvalue weighted by Crippen LogP contribution is 2.47. The molecule has 0 radical (unpaired) electrons. The Bertz CT molecular complexity index is 386. The van der Waals surface area contributed by atoms with E-state index in [1.807, 2.05) is 12.1 Å². The predicted molar refractivity (Wildman–Crippen MR) is 62.2 cm³/mol. The van der Waals surface area contributed by atoms with E-state index in [4.69, 9.17) is 4.42 Å². The second-order valence-electron chi connectivity index (χ2n) is 5.02. The van der Waals surface area contributed by atoms with Crippen molar-refractivity contribution >= 4 is 0 Å². The number of hydrogen-bond donors (Lipinski definition) is 1. The van der Waals surface area contributed by atoms with Crippen LogP contribution in [0, 0.1) is 5.92 Å². The van der Waals surface area contributed by atoms with Crippen molar-refractivity contribution in [3.8, 4) is 0 Å². The first-order chi connectivity index (χ1) is 8.46. The third kappa shape index (κ3) is 4.05. The molecular formula is C13H18F3NO. The van der Waals surface area contributed by atoms with Gasteiger partial charge in [0, 0.05) is 12.3 Å². The summed E-state index contributed by atoms with van der Waals surface area (Å²) in [5.74, 6) is 3.05. The highest BCUT2D eigenvalue weighted by molar-refractivity contribution is 5.17. The van der Waals surface area contributed by atoms with Crippen LogP contribution in [0.5, 0.6) is 0 Å². The van der Waals surface area contributed by atoms with Crippen molar-refractivity contribution in [2.75, 3.05) is 6.54 Å². The van der Waals surface area contributed by atoms with Gasteiger partial charge >= 0.3 is 6.18 Å². The zero-order chi connectivity index (χ0) is 13.2. The molecule has 2 unspecified atom stereocenters. The number of hydrogen-bond acceptors (Lipinski definition) is 2. The summed E-state index contributed by atoms with van der Waals surface area (Å²) in [6, 6.07) is 3.87. The third-order valence-electron chi connectivity index (χ3n) is 3.27. The molecule has 1 aliphatic carbocycles. The summed E-state index contributed by atoms with van der Waals surface area (Å²) in [4.78, 5) is 0. The van der Waals surface area contributed by atoms with Crippen LogP contribution in [-0.2, 0) is 6.54 Å². The standard InChI is InChI=1S/C13H18F3NO/c1-9-7-11(9)12-4-3-10(18-12)8-17-6-2-5-13(14,15)16/h3-4,9,11,17H,2,5-8H2,1H3. The Morgan fingerprint density at radius 1 is 1.39 bits per heavy atom. The second kappa shape index (κ2) is 5.34. The van der Waals surface area contributed by atoms with Crippen LogP contribution in [0.2, 0.25) is 0 Å². The summed E-state index contributed by atoms with van der Waals surface area (Å²) in [7, 11) is 0. The number of nitrogens with one attached hydrogen (secondary N) is 1. The van der Waals surface area contributed by atoms with Gasteiger partial charge in [-0.3, -0.25) is 0 Å². The molecule has 1 aromatic heterocycles. The summed E-state index contributed by atoms with van der Waals surface area (Å²) >= 11 is 0. The second-order valence-corrected chi connectivity index (χ2v) is 5.02. The SMILES string of the molecule is CC1CC1c1ccc(CNCCCC(F)(F)F)o1. The lowest BCUT2D eigenvalue weighted by Crippen LogP contribution is -2.17. The zero-order valence-corrected chi connectivity index (χ0v) is 10.4. The Balaban J connectivity index is 1.63. The van der Waals surface area contributed by atoms with Crippen molar-refractivity contribution < 1.29 is 17.6 Å². The van der Waals surface area contributed by atoms with Gasteiger partial charge in [-0.2, -0.15) is 13.2 Å². The highest BCUT2D eigenvalue weighted by atomic mass is 19.4. The number of rotatable bonds is 6. The topological polar surface area (TPSA) is 25.2 Å². The lowest BCUT2D eigenvalue weighted by molar-refractivity contribution is -0.135. The summed E-state index contributed by atoms with van der Waals surface area (Å²) in [6.45, 7) is 3.04. The fourth-order valence-corrected chi connectivity index (χ4v) is 2.03. The molecule has 0 amide bonds. The van der Waals surface area contributed by atoms with E-state index in [1.54, 1.807) is 0 Å². The van der Waals surface area contributed by atoms with Crippen molar-refractivity contribution in [1.82, 2.24) is 5.32 Å². The number of furan rings is 1. The van der Waals surface area contributed by atoms with E-state index in [0.717, 1.165) is 11.5 Å². The zero-order valence-electron chi connectivity index (χ0n) is 10.4. The van der Waals surface area contributed by atoms with Gasteiger partial charge in [-0.15, -0.1) is 0 Å². The summed E-state index contributed by atoms with van der Waals surface area (Å²) in [6.07, 6.45) is -3.51. The van der Waals surface area contributed by atoms with Crippen LogP contribution < -0.4 is 5.32 Å². The average Bonchev–Trinajstić information content (AvgIpc) is 2.82. The van der Waals surface area contributed by atoms with Gasteiger partial charge in [-0.25, -0.2) is 0 Å². The van der Waals surface area contributed by atoms with Crippen LogP contribution >= 0.6 is 0 Å². The molecule has 1 N–H and O–H groups in total. The van der Waals surface area contributed by atoms with E-state index in [-0.39, 0.29) is 6.42 Å². The van der Waals surface area contributed by atoms with Gasteiger partial charge < -0.3 is 9.73 Å². The molecule has 1 saturated carbocycles. The van der Waals surface area contributed by atoms with E-state index < -0.39 is 12.6 Å². The van der Waals surface area contributed by atoms with Gasteiger partial charge in [-0.1, -0.05) is 6.92 Å². The average molecular weight is 261 g/mol. The van der Waals surface area contributed by atoms with Crippen molar-refractivity contribution in [2.24, 2.45) is 5.92 Å². The van der Waals surface area contributed by atoms with Gasteiger partial charge in [0.25, 0.3) is 0 Å². The summed E-state index contributed by atoms with van der Waals surface area (Å²) in [5, 5.41) is 2.96. The maximum absolute atomic E-state index is 11.9. The van der Waals surface area contributed by atoms with E-state index in [0.29, 0.717) is 24.9 Å². The maximum atomic E-state index is 11.9. The molecule has 0 bridgehead atoms. The molecule has 0 spiro atoms. The van der Waals surface area contributed by atoms with Crippen LogP contribution in [0.1, 0.15) is 43.6 Å². The lowest BCUT2D eigenvalue weighted by Gasteiger charge is -2.06. The van der Waals surface area contributed by atoms with Gasteiger partial charge in [0.15, 0.2) is 0 Å². The number of halogens is 3. The smallest absolute Gasteiger partial charge is 0.389 e. The molecule has 0 aliphatic heterocycles. The van der Waals surface area contributed by atoms with E-state index in [2.05, 4.69) is 12.2 Å². The fraction of sp³-hybridized carbons (Fsp3) is 0.692. The van der Waals surface area contributed by atoms with E-state index in [9.17, 15) is 13.2 Å². The maximum Gasteiger partial charge on any atom is 0.389 e. The van der Waals surface area contributed by atoms with Crippen LogP contribution in [-0.4, -0.2) is 12.7 Å². The Hall–Kier alpha value is -0.970. The lowest BCUT2D eigenvalue weighted by atomic mass is 10.3. The normalized spacial score (nSPS) is 23.3. The molecule has 0 saturated heterocycles. The van der Waals surface area contributed by atoms with Crippen LogP contribution in [0.25, 0.3) is 0 Å². The largest absolute Gasteiger partial charge is 0.464 e. The minimum Gasteiger partial charge on any atom is -0.464 e. The minimum absolute atomic E-state index is 0.108. The Labute approximate surface area is 105 Å². The summed E-state index contributed by atoms with van der Waals surface area (Å²) in [5.41, 5.74) is 0. The molecular weight excluding hydrogens is 243 g/mol. The molecule has 2 nitrogen and oxygen atoms in total. The molecule has 1 aromatic rings. The first-order valence-electron chi connectivity index (χ1n) is 6.32. The van der Waals surface area contributed by atoms with Crippen LogP contribution in [0.3, 0.4) is 0 Å². The molecule has 2 atom stereocenters. The van der Waals surface area contributed by atoms with Crippen LogP contribution in [0.4, 0.5) is 13.2 Å². The molecule has 1 fully saturated rings. The van der Waals surface area contributed by atoms with Crippen molar-refractivity contribution in [1.29, 1.82) is 0 Å². The van der Waals surface area contributed by atoms with Crippen molar-refractivity contribution in [3.05, 3.63) is 23.7 Å². The quantitative estimate of drug-likeness (QED) is 0.787. The van der Waals surface area contributed by atoms with Crippen molar-refractivity contribution in [2.45, 2.75) is 44.8 Å². The van der Waals surface area contributed by atoms with E-state index in [1.165, 1.54) is 6.42 Å². The van der Waals surface area contributed by atoms with Gasteiger partial charge in [0.2, 0.25) is 0 Å². The molecule has 0 aromatic carbocycles. The van der Waals surface area contributed by atoms with E-state index >= 15 is 0 Å². The molecule has 5 heteroatoms. The molecule has 102 valence electrons. The third-order valence-corrected chi connectivity index (χ3v) is 3.27. The molecule has 18 heavy (non-hydrogen) atoms. The minimum atomic E-state index is -4.05. The van der Waals surface area contributed by atoms with Gasteiger partial charge in [0.1, 0.15) is 11.5 Å². The first-order valence-corrected chi connectivity index (χ1v) is 6.32. The number of alkyl halides is 3. The Kier molecular flexibility index (Phi) is 4.00. The van der Waals surface area contributed by atoms with Crippen LogP contribution in [0.15, 0.2) is 16.5 Å². The first kappa shape index (κ1) is 13.5. The highest BCUT2D eigenvalue weighted by Gasteiger charge is 2.36. The Morgan fingerprint density at radius 2 is 2.11 bits per heavy atom. The predicted octanol–water partition coefficient (Wildman–Crippen LogP) is 3.84. The monoisotopic (exact) mass is 261 g/mol. The Morgan fingerprint density at radius 3 is 2.72 bits per heavy atom. The fourth-order valence-electron chi connectivity index (χ4n) is 2.03. The van der Waals surface area contributed by atoms with Crippen molar-refractivity contribution in [3.63, 3.8) is 0 Å². The molecule has 2 rings (SSSR count). The van der Waals surface area contributed by atoms with Gasteiger partial charge in [-0.05, 0) is 37.4 Å². The summed E-state index contributed by atoms with van der Waals surface area (Å²) < 4.78 is 41.3. The van der Waals surface area contributed by atoms with Gasteiger partial charge in [0.05, 0.1) is 6.54 Å². The molecule has 1 aliphatic rings. The molecule has 1 heterocycles.